The largest absolute Gasteiger partial charge is 0.435 e. The van der Waals surface area contributed by atoms with E-state index in [9.17, 15) is 13.2 Å². The van der Waals surface area contributed by atoms with Crippen molar-refractivity contribution in [3.05, 3.63) is 0 Å². The Balaban J connectivity index is 3.15. The third kappa shape index (κ3) is 2.41. The lowest BCUT2D eigenvalue weighted by molar-refractivity contribution is 0.149. The molecule has 1 aliphatic rings. The van der Waals surface area contributed by atoms with Crippen LogP contribution in [0.25, 0.3) is 0 Å². The lowest BCUT2D eigenvalue weighted by Gasteiger charge is -2.30. The van der Waals surface area contributed by atoms with Crippen LogP contribution < -0.4 is 0 Å². The number of guanidine groups is 1. The number of thioether (sulfide) groups is 1. The normalized spacial score (nSPS) is 18.1. The quantitative estimate of drug-likeness (QED) is 0.679. The van der Waals surface area contributed by atoms with Crippen molar-refractivity contribution in [1.29, 1.82) is 5.41 Å². The van der Waals surface area contributed by atoms with Gasteiger partial charge in [0.15, 0.2) is 11.8 Å². The minimum absolute atomic E-state index is 0.0843. The highest BCUT2D eigenvalue weighted by Crippen LogP contribution is 2.20. The van der Waals surface area contributed by atoms with Crippen molar-refractivity contribution in [3.63, 3.8) is 0 Å². The van der Waals surface area contributed by atoms with Gasteiger partial charge in [0.1, 0.15) is 0 Å². The minimum Gasteiger partial charge on any atom is -0.435 e. The molecule has 0 radical (unpaired) electrons. The van der Waals surface area contributed by atoms with Crippen LogP contribution in [0, 0.1) is 17.8 Å². The summed E-state index contributed by atoms with van der Waals surface area (Å²) in [6.45, 7) is -0.388. The number of nitrogens with one attached hydrogen (secondary N) is 1. The fourth-order valence-electron chi connectivity index (χ4n) is 1.05. The summed E-state index contributed by atoms with van der Waals surface area (Å²) in [6, 6.07) is 0. The number of carbonyl (C=O) groups excluding carboxylic acids is 1. The minimum atomic E-state index is -4.19. The highest BCUT2D eigenvalue weighted by atomic mass is 32.2. The second-order valence-electron chi connectivity index (χ2n) is 2.92. The summed E-state index contributed by atoms with van der Waals surface area (Å²) in [4.78, 5) is 15.2. The highest BCUT2D eigenvalue weighted by Gasteiger charge is 2.41. The van der Waals surface area contributed by atoms with Crippen LogP contribution in [0.4, 0.5) is 4.79 Å². The lowest BCUT2D eigenvalue weighted by Crippen LogP contribution is -2.53. The Bertz CT molecular complexity index is 548. The molecule has 0 bridgehead atoms. The van der Waals surface area contributed by atoms with Crippen LogP contribution in [0.5, 0.6) is 0 Å². The predicted molar refractivity (Wildman–Crippen MR) is 67.4 cm³/mol. The molecule has 10 heteroatoms. The summed E-state index contributed by atoms with van der Waals surface area (Å²) in [6.07, 6.45) is 5.24. The van der Waals surface area contributed by atoms with Crippen LogP contribution in [-0.2, 0) is 14.9 Å². The molecule has 0 atom stereocenters. The molecule has 0 unspecified atom stereocenters. The molecule has 98 valence electrons. The molecule has 1 rings (SSSR count). The van der Waals surface area contributed by atoms with E-state index in [2.05, 4.69) is 9.73 Å². The summed E-state index contributed by atoms with van der Waals surface area (Å²) >= 11 is 1.04. The van der Waals surface area contributed by atoms with Gasteiger partial charge in [-0.15, -0.1) is 10.7 Å². The number of amidine groups is 1. The van der Waals surface area contributed by atoms with Crippen molar-refractivity contribution in [2.24, 2.45) is 4.99 Å². The fourth-order valence-corrected chi connectivity index (χ4v) is 2.98. The molecule has 1 aliphatic heterocycles. The van der Waals surface area contributed by atoms with Crippen LogP contribution in [0.3, 0.4) is 0 Å². The van der Waals surface area contributed by atoms with E-state index >= 15 is 0 Å². The highest BCUT2D eigenvalue weighted by molar-refractivity contribution is 8.14. The van der Waals surface area contributed by atoms with Gasteiger partial charge in [0, 0.05) is 7.05 Å². The first-order chi connectivity index (χ1) is 8.36. The van der Waals surface area contributed by atoms with Crippen molar-refractivity contribution in [2.45, 2.75) is 0 Å². The van der Waals surface area contributed by atoms with E-state index in [0.29, 0.717) is 0 Å². The van der Waals surface area contributed by atoms with E-state index in [1.807, 2.05) is 5.92 Å². The molecule has 1 N–H and O–H groups in total. The maximum atomic E-state index is 12.0. The van der Waals surface area contributed by atoms with Crippen LogP contribution in [0.15, 0.2) is 4.99 Å². The molecule has 0 aromatic heterocycles. The third-order valence-electron chi connectivity index (χ3n) is 1.87. The average molecular weight is 290 g/mol. The summed E-state index contributed by atoms with van der Waals surface area (Å²) in [7, 11) is -2.97. The number of hydrogen-bond donors (Lipinski definition) is 1. The van der Waals surface area contributed by atoms with Crippen molar-refractivity contribution in [2.75, 3.05) is 19.9 Å². The second-order valence-corrected chi connectivity index (χ2v) is 5.50. The van der Waals surface area contributed by atoms with Gasteiger partial charge in [0.2, 0.25) is 5.96 Å². The zero-order valence-corrected chi connectivity index (χ0v) is 11.2. The Morgan fingerprint density at radius 1 is 1.67 bits per heavy atom. The van der Waals surface area contributed by atoms with Gasteiger partial charge in [-0.2, -0.15) is 13.4 Å². The molecular weight excluding hydrogens is 280 g/mol. The first-order valence-corrected chi connectivity index (χ1v) is 7.09. The summed E-state index contributed by atoms with van der Waals surface area (Å²) < 4.78 is 29.3. The van der Waals surface area contributed by atoms with E-state index in [1.54, 1.807) is 6.26 Å². The van der Waals surface area contributed by atoms with Gasteiger partial charge in [-0.1, -0.05) is 17.7 Å². The van der Waals surface area contributed by atoms with Crippen LogP contribution in [0.2, 0.25) is 0 Å². The van der Waals surface area contributed by atoms with Crippen LogP contribution in [0.1, 0.15) is 0 Å². The average Bonchev–Trinajstić information content (AvgIpc) is 2.31. The van der Waals surface area contributed by atoms with Crippen LogP contribution in [-0.4, -0.2) is 54.2 Å². The number of ether oxygens (including phenoxy) is 1. The number of nitrogens with zero attached hydrogens (tertiary/aromatic N) is 3. The number of hydrogen-bond acceptors (Lipinski definition) is 6. The first-order valence-electron chi connectivity index (χ1n) is 4.47. The summed E-state index contributed by atoms with van der Waals surface area (Å²) in [5, 5.41) is 7.54. The Morgan fingerprint density at radius 2 is 2.28 bits per heavy atom. The lowest BCUT2D eigenvalue weighted by atomic mass is 10.7. The molecule has 0 saturated heterocycles. The van der Waals surface area contributed by atoms with Crippen LogP contribution >= 0.6 is 11.8 Å². The summed E-state index contributed by atoms with van der Waals surface area (Å²) in [5.74, 6) is 1.29. The molecule has 0 spiro atoms. The Labute approximate surface area is 109 Å². The van der Waals surface area contributed by atoms with Gasteiger partial charge < -0.3 is 4.74 Å². The van der Waals surface area contributed by atoms with E-state index in [0.717, 1.165) is 16.1 Å². The Morgan fingerprint density at radius 3 is 2.78 bits per heavy atom. The molecule has 0 fully saturated rings. The zero-order chi connectivity index (χ0) is 13.9. The number of rotatable bonds is 1. The second kappa shape index (κ2) is 5.28. The monoisotopic (exact) mass is 290 g/mol. The van der Waals surface area contributed by atoms with E-state index in [1.165, 1.54) is 7.05 Å². The number of amides is 1. The standard InChI is InChI=1S/C8H10N4O4S2/c1-4-5-16-8(13)12-6(9)10-7(17-3)11(2)18(12,14)15/h1,9H,5H2,2-3H3. The molecule has 18 heavy (non-hydrogen) atoms. The van der Waals surface area contributed by atoms with Gasteiger partial charge in [-0.05, 0) is 6.26 Å². The molecule has 0 aromatic carbocycles. The maximum absolute atomic E-state index is 12.0. The maximum Gasteiger partial charge on any atom is 0.433 e. The number of aliphatic imine (C=N–C) groups is 1. The van der Waals surface area contributed by atoms with E-state index in [4.69, 9.17) is 11.8 Å². The first kappa shape index (κ1) is 14.3. The smallest absolute Gasteiger partial charge is 0.433 e. The van der Waals surface area contributed by atoms with Crippen molar-refractivity contribution in [3.8, 4) is 12.3 Å². The molecule has 0 aliphatic carbocycles. The number of carbonyl (C=O) groups is 1. The molecule has 8 nitrogen and oxygen atoms in total. The predicted octanol–water partition coefficient (Wildman–Crippen LogP) is -0.0978. The van der Waals surface area contributed by atoms with E-state index < -0.39 is 22.3 Å². The fraction of sp³-hybridized carbons (Fsp3) is 0.375. The molecule has 0 aromatic rings. The SMILES string of the molecule is C#CCOC(=O)N1C(=N)N=C(SC)N(C)S1(=O)=O. The number of terminal acetylenes is 1. The van der Waals surface area contributed by atoms with Gasteiger partial charge in [-0.3, -0.25) is 5.41 Å². The van der Waals surface area contributed by atoms with Crippen molar-refractivity contribution < 1.29 is 17.9 Å². The van der Waals surface area contributed by atoms with Crippen molar-refractivity contribution in [1.82, 2.24) is 8.61 Å². The molecular formula is C8H10N4O4S2. The summed E-state index contributed by atoms with van der Waals surface area (Å²) in [5.41, 5.74) is 0. The third-order valence-corrected chi connectivity index (χ3v) is 4.36. The van der Waals surface area contributed by atoms with Gasteiger partial charge >= 0.3 is 16.3 Å². The van der Waals surface area contributed by atoms with Gasteiger partial charge in [0.05, 0.1) is 0 Å². The van der Waals surface area contributed by atoms with Gasteiger partial charge in [-0.25, -0.2) is 9.10 Å². The van der Waals surface area contributed by atoms with Gasteiger partial charge in [0.25, 0.3) is 0 Å². The molecule has 1 amide bonds. The Hall–Kier alpha value is -1.73. The topological polar surface area (TPSA) is 103 Å². The molecule has 1 heterocycles. The van der Waals surface area contributed by atoms with Crippen molar-refractivity contribution >= 4 is 39.2 Å². The molecule has 0 saturated carbocycles. The zero-order valence-electron chi connectivity index (χ0n) is 9.58. The van der Waals surface area contributed by atoms with E-state index in [-0.39, 0.29) is 16.1 Å². The Kier molecular flexibility index (Phi) is 4.20.